The van der Waals surface area contributed by atoms with E-state index in [-0.39, 0.29) is 11.7 Å². The van der Waals surface area contributed by atoms with Crippen molar-refractivity contribution in [3.8, 4) is 0 Å². The van der Waals surface area contributed by atoms with Crippen LogP contribution in [-0.2, 0) is 13.1 Å². The minimum Gasteiger partial charge on any atom is -0.377 e. The van der Waals surface area contributed by atoms with E-state index in [0.29, 0.717) is 6.54 Å². The van der Waals surface area contributed by atoms with Crippen LogP contribution >= 0.6 is 11.3 Å². The van der Waals surface area contributed by atoms with Crippen LogP contribution in [0.2, 0.25) is 0 Å². The maximum absolute atomic E-state index is 12.8. The average molecular weight is 257 g/mol. The van der Waals surface area contributed by atoms with Crippen molar-refractivity contribution < 1.29 is 8.78 Å². The fourth-order valence-corrected chi connectivity index (χ4v) is 2.19. The van der Waals surface area contributed by atoms with Crippen molar-refractivity contribution in [2.24, 2.45) is 0 Å². The Balaban J connectivity index is 1.98. The maximum Gasteiger partial charge on any atom is 0.176 e. The van der Waals surface area contributed by atoms with Crippen LogP contribution in [0.15, 0.2) is 18.3 Å². The molecule has 0 aromatic carbocycles. The predicted octanol–water partition coefficient (Wildman–Crippen LogP) is 2.97. The molecule has 17 heavy (non-hydrogen) atoms. The van der Waals surface area contributed by atoms with E-state index in [2.05, 4.69) is 10.4 Å². The molecule has 0 spiro atoms. The van der Waals surface area contributed by atoms with Gasteiger partial charge in [-0.3, -0.25) is 4.68 Å². The van der Waals surface area contributed by atoms with E-state index in [1.165, 1.54) is 6.07 Å². The van der Waals surface area contributed by atoms with Crippen LogP contribution in [0.4, 0.5) is 14.5 Å². The zero-order chi connectivity index (χ0) is 12.3. The lowest BCUT2D eigenvalue weighted by Crippen LogP contribution is -1.99. The lowest BCUT2D eigenvalue weighted by Gasteiger charge is -2.01. The van der Waals surface area contributed by atoms with Crippen LogP contribution in [0.5, 0.6) is 0 Å². The molecule has 0 atom stereocenters. The van der Waals surface area contributed by atoms with Gasteiger partial charge in [-0.15, -0.1) is 11.3 Å². The van der Waals surface area contributed by atoms with Gasteiger partial charge in [0.05, 0.1) is 17.9 Å². The van der Waals surface area contributed by atoms with Crippen molar-refractivity contribution in [2.45, 2.75) is 20.0 Å². The smallest absolute Gasteiger partial charge is 0.176 e. The molecule has 2 aromatic rings. The second-order valence-electron chi connectivity index (χ2n) is 3.64. The van der Waals surface area contributed by atoms with Crippen LogP contribution in [0.1, 0.15) is 10.6 Å². The number of alkyl halides is 1. The average Bonchev–Trinajstić information content (AvgIpc) is 2.83. The molecule has 1 N–H and O–H groups in total. The standard InChI is InChI=1S/C11H13F2N3S/c1-8-10(7-16(15-8)5-4-12)14-6-9-2-3-11(13)17-9/h2-3,7,14H,4-6H2,1H3. The summed E-state index contributed by atoms with van der Waals surface area (Å²) in [4.78, 5) is 0.917. The molecule has 0 aliphatic carbocycles. The van der Waals surface area contributed by atoms with Crippen molar-refractivity contribution in [3.05, 3.63) is 34.0 Å². The number of aryl methyl sites for hydroxylation is 2. The van der Waals surface area contributed by atoms with E-state index in [4.69, 9.17) is 0 Å². The van der Waals surface area contributed by atoms with Gasteiger partial charge in [0.15, 0.2) is 5.13 Å². The van der Waals surface area contributed by atoms with Gasteiger partial charge in [0, 0.05) is 17.6 Å². The van der Waals surface area contributed by atoms with E-state index in [1.807, 2.05) is 6.92 Å². The van der Waals surface area contributed by atoms with Crippen molar-refractivity contribution in [1.82, 2.24) is 9.78 Å². The van der Waals surface area contributed by atoms with E-state index >= 15 is 0 Å². The number of nitrogens with one attached hydrogen (secondary N) is 1. The minimum absolute atomic E-state index is 0.188. The number of aromatic nitrogens is 2. The Hall–Kier alpha value is -1.43. The van der Waals surface area contributed by atoms with Crippen LogP contribution in [0.25, 0.3) is 0 Å². The number of hydrogen-bond acceptors (Lipinski definition) is 3. The summed E-state index contributed by atoms with van der Waals surface area (Å²) in [6, 6.07) is 3.19. The summed E-state index contributed by atoms with van der Waals surface area (Å²) in [5.41, 5.74) is 1.67. The van der Waals surface area contributed by atoms with Crippen molar-refractivity contribution in [2.75, 3.05) is 12.0 Å². The molecule has 0 aliphatic heterocycles. The minimum atomic E-state index is -0.434. The Morgan fingerprint density at radius 1 is 1.47 bits per heavy atom. The molecule has 0 amide bonds. The van der Waals surface area contributed by atoms with Gasteiger partial charge in [-0.05, 0) is 19.1 Å². The zero-order valence-electron chi connectivity index (χ0n) is 9.41. The van der Waals surface area contributed by atoms with Crippen LogP contribution < -0.4 is 5.32 Å². The topological polar surface area (TPSA) is 29.9 Å². The molecule has 92 valence electrons. The fraction of sp³-hybridized carbons (Fsp3) is 0.364. The highest BCUT2D eigenvalue weighted by atomic mass is 32.1. The van der Waals surface area contributed by atoms with Gasteiger partial charge in [0.25, 0.3) is 0 Å². The highest BCUT2D eigenvalue weighted by molar-refractivity contribution is 7.10. The Morgan fingerprint density at radius 2 is 2.29 bits per heavy atom. The summed E-state index contributed by atoms with van der Waals surface area (Å²) in [6.07, 6.45) is 1.76. The quantitative estimate of drug-likeness (QED) is 0.892. The Kier molecular flexibility index (Phi) is 3.73. The summed E-state index contributed by atoms with van der Waals surface area (Å²) in [7, 11) is 0. The van der Waals surface area contributed by atoms with E-state index in [0.717, 1.165) is 27.6 Å². The largest absolute Gasteiger partial charge is 0.377 e. The van der Waals surface area contributed by atoms with Crippen LogP contribution in [-0.4, -0.2) is 16.5 Å². The Bertz CT molecular complexity index is 493. The van der Waals surface area contributed by atoms with E-state index < -0.39 is 6.67 Å². The van der Waals surface area contributed by atoms with Gasteiger partial charge in [0.1, 0.15) is 6.67 Å². The Morgan fingerprint density at radius 3 is 2.94 bits per heavy atom. The molecule has 0 unspecified atom stereocenters. The number of thiophene rings is 1. The van der Waals surface area contributed by atoms with Gasteiger partial charge in [-0.2, -0.15) is 9.49 Å². The molecular weight excluding hydrogens is 244 g/mol. The molecule has 0 fully saturated rings. The third-order valence-electron chi connectivity index (χ3n) is 2.34. The number of hydrogen-bond donors (Lipinski definition) is 1. The van der Waals surface area contributed by atoms with E-state index in [1.54, 1.807) is 16.9 Å². The molecule has 0 saturated carbocycles. The number of rotatable bonds is 5. The summed E-state index contributed by atoms with van der Waals surface area (Å²) in [5.74, 6) is 0. The lowest BCUT2D eigenvalue weighted by atomic mass is 10.4. The molecular formula is C11H13F2N3S. The van der Waals surface area contributed by atoms with Gasteiger partial charge in [-0.25, -0.2) is 4.39 Å². The molecule has 3 nitrogen and oxygen atoms in total. The van der Waals surface area contributed by atoms with Gasteiger partial charge < -0.3 is 5.32 Å². The molecule has 2 aromatic heterocycles. The van der Waals surface area contributed by atoms with Crippen LogP contribution in [0.3, 0.4) is 0 Å². The summed E-state index contributed by atoms with van der Waals surface area (Å²) in [5, 5.41) is 7.13. The van der Waals surface area contributed by atoms with E-state index in [9.17, 15) is 8.78 Å². The normalized spacial score (nSPS) is 10.8. The maximum atomic E-state index is 12.8. The SMILES string of the molecule is Cc1nn(CCF)cc1NCc1ccc(F)s1. The first-order valence-corrected chi connectivity index (χ1v) is 6.09. The molecule has 0 aliphatic rings. The van der Waals surface area contributed by atoms with Crippen molar-refractivity contribution >= 4 is 17.0 Å². The number of nitrogens with zero attached hydrogens (tertiary/aromatic N) is 2. The van der Waals surface area contributed by atoms with Gasteiger partial charge >= 0.3 is 0 Å². The number of halogens is 2. The highest BCUT2D eigenvalue weighted by Crippen LogP contribution is 2.18. The first-order valence-electron chi connectivity index (χ1n) is 5.27. The molecule has 0 radical (unpaired) electrons. The first-order chi connectivity index (χ1) is 8.19. The predicted molar refractivity (Wildman–Crippen MR) is 64.5 cm³/mol. The summed E-state index contributed by atoms with van der Waals surface area (Å²) in [6.45, 7) is 2.23. The third kappa shape index (κ3) is 3.03. The number of anilines is 1. The fourth-order valence-electron chi connectivity index (χ4n) is 1.52. The first kappa shape index (κ1) is 12.0. The van der Waals surface area contributed by atoms with Crippen molar-refractivity contribution in [3.63, 3.8) is 0 Å². The van der Waals surface area contributed by atoms with Gasteiger partial charge in [0.2, 0.25) is 0 Å². The lowest BCUT2D eigenvalue weighted by molar-refractivity contribution is 0.426. The molecule has 6 heteroatoms. The third-order valence-corrected chi connectivity index (χ3v) is 3.22. The molecule has 2 heterocycles. The zero-order valence-corrected chi connectivity index (χ0v) is 10.2. The van der Waals surface area contributed by atoms with Gasteiger partial charge in [-0.1, -0.05) is 0 Å². The highest BCUT2D eigenvalue weighted by Gasteiger charge is 2.05. The summed E-state index contributed by atoms with van der Waals surface area (Å²) < 4.78 is 26.5. The summed E-state index contributed by atoms with van der Waals surface area (Å²) >= 11 is 1.11. The van der Waals surface area contributed by atoms with Crippen LogP contribution in [0, 0.1) is 12.1 Å². The second-order valence-corrected chi connectivity index (χ2v) is 4.76. The molecule has 0 saturated heterocycles. The second kappa shape index (κ2) is 5.27. The Labute approximate surface area is 102 Å². The monoisotopic (exact) mass is 257 g/mol. The van der Waals surface area contributed by atoms with Crippen molar-refractivity contribution in [1.29, 1.82) is 0 Å². The molecule has 0 bridgehead atoms. The molecule has 2 rings (SSSR count).